The Balaban J connectivity index is 2.12. The van der Waals surface area contributed by atoms with Gasteiger partial charge in [0.25, 0.3) is 0 Å². The molecule has 1 aromatic heterocycles. The van der Waals surface area contributed by atoms with Gasteiger partial charge >= 0.3 is 0 Å². The lowest BCUT2D eigenvalue weighted by Gasteiger charge is -2.09. The highest BCUT2D eigenvalue weighted by Gasteiger charge is 2.12. The predicted octanol–water partition coefficient (Wildman–Crippen LogP) is 4.05. The maximum atomic E-state index is 14.0. The van der Waals surface area contributed by atoms with E-state index in [0.717, 1.165) is 15.5 Å². The van der Waals surface area contributed by atoms with Gasteiger partial charge in [0.15, 0.2) is 0 Å². The van der Waals surface area contributed by atoms with E-state index in [9.17, 15) is 4.39 Å². The first-order chi connectivity index (χ1) is 10.2. The molecule has 0 fully saturated rings. The van der Waals surface area contributed by atoms with Crippen molar-refractivity contribution in [3.8, 4) is 6.07 Å². The van der Waals surface area contributed by atoms with Gasteiger partial charge in [-0.15, -0.1) is 0 Å². The summed E-state index contributed by atoms with van der Waals surface area (Å²) < 4.78 is 16.7. The lowest BCUT2D eigenvalue weighted by Crippen LogP contribution is -2.06. The van der Waals surface area contributed by atoms with Gasteiger partial charge in [0, 0.05) is 10.0 Å². The van der Waals surface area contributed by atoms with Crippen LogP contribution in [0.5, 0.6) is 0 Å². The molecule has 2 aromatic carbocycles. The van der Waals surface area contributed by atoms with Crippen LogP contribution >= 0.6 is 15.9 Å². The lowest BCUT2D eigenvalue weighted by molar-refractivity contribution is 0.598. The van der Waals surface area contributed by atoms with E-state index >= 15 is 0 Å². The van der Waals surface area contributed by atoms with Crippen LogP contribution in [-0.4, -0.2) is 9.55 Å². The number of hydrogen-bond donors (Lipinski definition) is 0. The van der Waals surface area contributed by atoms with E-state index < -0.39 is 0 Å². The van der Waals surface area contributed by atoms with Crippen LogP contribution in [0.1, 0.15) is 11.4 Å². The van der Waals surface area contributed by atoms with E-state index in [1.54, 1.807) is 12.1 Å². The second-order valence-electron chi connectivity index (χ2n) is 4.67. The Hall–Kier alpha value is -2.19. The summed E-state index contributed by atoms with van der Waals surface area (Å²) in [5, 5.41) is 8.95. The standard InChI is InChI=1S/C16H11BrFN3/c17-12-5-6-13(18)11(9-12)10-21-15-4-2-1-3-14(15)20-16(21)7-8-19/h1-6,9H,7,10H2. The topological polar surface area (TPSA) is 41.6 Å². The molecule has 0 aliphatic carbocycles. The number of hydrogen-bond acceptors (Lipinski definition) is 2. The second-order valence-corrected chi connectivity index (χ2v) is 5.59. The number of imidazole rings is 1. The first-order valence-electron chi connectivity index (χ1n) is 6.44. The van der Waals surface area contributed by atoms with Gasteiger partial charge in [-0.25, -0.2) is 9.37 Å². The van der Waals surface area contributed by atoms with Gasteiger partial charge in [-0.3, -0.25) is 0 Å². The van der Waals surface area contributed by atoms with Crippen LogP contribution in [-0.2, 0) is 13.0 Å². The quantitative estimate of drug-likeness (QED) is 0.719. The van der Waals surface area contributed by atoms with Gasteiger partial charge in [-0.2, -0.15) is 5.26 Å². The van der Waals surface area contributed by atoms with E-state index in [-0.39, 0.29) is 12.2 Å². The fourth-order valence-electron chi connectivity index (χ4n) is 2.34. The monoisotopic (exact) mass is 343 g/mol. The Morgan fingerprint density at radius 3 is 2.86 bits per heavy atom. The first-order valence-corrected chi connectivity index (χ1v) is 7.23. The molecule has 0 atom stereocenters. The average Bonchev–Trinajstić information content (AvgIpc) is 2.81. The zero-order valence-electron chi connectivity index (χ0n) is 11.1. The van der Waals surface area contributed by atoms with Crippen molar-refractivity contribution in [3.63, 3.8) is 0 Å². The largest absolute Gasteiger partial charge is 0.322 e. The molecule has 0 saturated heterocycles. The minimum absolute atomic E-state index is 0.199. The Morgan fingerprint density at radius 2 is 2.05 bits per heavy atom. The molecule has 3 nitrogen and oxygen atoms in total. The summed E-state index contributed by atoms with van der Waals surface area (Å²) >= 11 is 3.36. The maximum Gasteiger partial charge on any atom is 0.128 e. The molecule has 21 heavy (non-hydrogen) atoms. The van der Waals surface area contributed by atoms with Gasteiger partial charge in [0.1, 0.15) is 11.6 Å². The van der Waals surface area contributed by atoms with E-state index in [1.807, 2.05) is 28.8 Å². The first kappa shape index (κ1) is 13.8. The summed E-state index contributed by atoms with van der Waals surface area (Å²) in [4.78, 5) is 4.46. The minimum atomic E-state index is -0.265. The maximum absolute atomic E-state index is 14.0. The summed E-state index contributed by atoms with van der Waals surface area (Å²) in [6, 6.07) is 14.6. The van der Waals surface area contributed by atoms with Crippen LogP contribution in [0.15, 0.2) is 46.9 Å². The molecule has 0 radical (unpaired) electrons. The van der Waals surface area contributed by atoms with Crippen molar-refractivity contribution < 1.29 is 4.39 Å². The molecule has 1 heterocycles. The zero-order chi connectivity index (χ0) is 14.8. The number of fused-ring (bicyclic) bond motifs is 1. The molecule has 0 N–H and O–H groups in total. The van der Waals surface area contributed by atoms with Crippen molar-refractivity contribution >= 4 is 27.0 Å². The molecule has 3 rings (SSSR count). The number of benzene rings is 2. The van der Waals surface area contributed by atoms with E-state index in [0.29, 0.717) is 17.9 Å². The molecule has 5 heteroatoms. The average molecular weight is 344 g/mol. The van der Waals surface area contributed by atoms with Gasteiger partial charge in [-0.1, -0.05) is 28.1 Å². The van der Waals surface area contributed by atoms with Crippen molar-refractivity contribution in [3.05, 3.63) is 64.1 Å². The van der Waals surface area contributed by atoms with Crippen LogP contribution < -0.4 is 0 Å². The van der Waals surface area contributed by atoms with Crippen molar-refractivity contribution in [1.29, 1.82) is 5.26 Å². The molecule has 0 spiro atoms. The van der Waals surface area contributed by atoms with Crippen LogP contribution in [0.2, 0.25) is 0 Å². The van der Waals surface area contributed by atoms with Crippen molar-refractivity contribution in [2.75, 3.05) is 0 Å². The van der Waals surface area contributed by atoms with Crippen LogP contribution in [0.25, 0.3) is 11.0 Å². The Kier molecular flexibility index (Phi) is 3.72. The SMILES string of the molecule is N#CCc1nc2ccccc2n1Cc1cc(Br)ccc1F. The summed E-state index contributed by atoms with van der Waals surface area (Å²) in [5.41, 5.74) is 2.28. The fraction of sp³-hybridized carbons (Fsp3) is 0.125. The molecule has 0 aliphatic rings. The zero-order valence-corrected chi connectivity index (χ0v) is 12.6. The fourth-order valence-corrected chi connectivity index (χ4v) is 2.75. The number of halogens is 2. The van der Waals surface area contributed by atoms with E-state index in [4.69, 9.17) is 5.26 Å². The van der Waals surface area contributed by atoms with Crippen LogP contribution in [0, 0.1) is 17.1 Å². The summed E-state index contributed by atoms with van der Waals surface area (Å²) in [7, 11) is 0. The lowest BCUT2D eigenvalue weighted by atomic mass is 10.2. The van der Waals surface area contributed by atoms with Gasteiger partial charge in [-0.05, 0) is 30.3 Å². The summed E-state index contributed by atoms with van der Waals surface area (Å²) in [6.45, 7) is 0.350. The van der Waals surface area contributed by atoms with Crippen molar-refractivity contribution in [1.82, 2.24) is 9.55 Å². The third-order valence-corrected chi connectivity index (χ3v) is 3.80. The molecule has 0 bridgehead atoms. The van der Waals surface area contributed by atoms with Crippen LogP contribution in [0.4, 0.5) is 4.39 Å². The highest BCUT2D eigenvalue weighted by molar-refractivity contribution is 9.10. The number of para-hydroxylation sites is 2. The summed E-state index contributed by atoms with van der Waals surface area (Å²) in [6.07, 6.45) is 0.199. The number of nitriles is 1. The van der Waals surface area contributed by atoms with Gasteiger partial charge in [0.2, 0.25) is 0 Å². The Labute approximate surface area is 129 Å². The molecular weight excluding hydrogens is 333 g/mol. The second kappa shape index (κ2) is 5.66. The molecule has 0 aliphatic heterocycles. The molecule has 0 amide bonds. The normalized spacial score (nSPS) is 10.7. The molecule has 104 valence electrons. The molecule has 0 saturated carbocycles. The molecular formula is C16H11BrFN3. The third-order valence-electron chi connectivity index (χ3n) is 3.31. The van der Waals surface area contributed by atoms with Crippen LogP contribution in [0.3, 0.4) is 0 Å². The highest BCUT2D eigenvalue weighted by Crippen LogP contribution is 2.21. The summed E-state index contributed by atoms with van der Waals surface area (Å²) in [5.74, 6) is 0.386. The number of rotatable bonds is 3. The van der Waals surface area contributed by atoms with E-state index in [1.165, 1.54) is 6.07 Å². The predicted molar refractivity (Wildman–Crippen MR) is 82.3 cm³/mol. The van der Waals surface area contributed by atoms with Gasteiger partial charge < -0.3 is 4.57 Å². The third kappa shape index (κ3) is 2.67. The molecule has 3 aromatic rings. The molecule has 0 unspecified atom stereocenters. The number of nitrogens with zero attached hydrogens (tertiary/aromatic N) is 3. The van der Waals surface area contributed by atoms with Crippen molar-refractivity contribution in [2.24, 2.45) is 0 Å². The minimum Gasteiger partial charge on any atom is -0.322 e. The highest BCUT2D eigenvalue weighted by atomic mass is 79.9. The van der Waals surface area contributed by atoms with Gasteiger partial charge in [0.05, 0.1) is 30.1 Å². The Morgan fingerprint density at radius 1 is 1.24 bits per heavy atom. The number of aromatic nitrogens is 2. The van der Waals surface area contributed by atoms with Crippen molar-refractivity contribution in [2.45, 2.75) is 13.0 Å². The smallest absolute Gasteiger partial charge is 0.128 e. The van der Waals surface area contributed by atoms with E-state index in [2.05, 4.69) is 27.0 Å². The Bertz CT molecular complexity index is 848.